The number of benzene rings is 2. The van der Waals surface area contributed by atoms with Crippen molar-refractivity contribution in [3.05, 3.63) is 83.1 Å². The second-order valence-electron chi connectivity index (χ2n) is 5.64. The SMILES string of the molecule is CC(=O)Nc1cccc(C(=O)/C=C/c2ccc(-c3ccccc3Cl)o2)c1. The van der Waals surface area contributed by atoms with Crippen molar-refractivity contribution in [1.29, 1.82) is 0 Å². The average Bonchev–Trinajstić information content (AvgIpc) is 3.08. The van der Waals surface area contributed by atoms with Crippen molar-refractivity contribution < 1.29 is 14.0 Å². The molecule has 130 valence electrons. The third kappa shape index (κ3) is 4.29. The van der Waals surface area contributed by atoms with Crippen molar-refractivity contribution in [2.75, 3.05) is 5.32 Å². The van der Waals surface area contributed by atoms with Gasteiger partial charge in [0.25, 0.3) is 0 Å². The molecule has 3 aromatic rings. The fraction of sp³-hybridized carbons (Fsp3) is 0.0476. The lowest BCUT2D eigenvalue weighted by molar-refractivity contribution is -0.114. The summed E-state index contributed by atoms with van der Waals surface area (Å²) in [5.41, 5.74) is 1.85. The molecule has 0 aliphatic heterocycles. The highest BCUT2D eigenvalue weighted by atomic mass is 35.5. The fourth-order valence-electron chi connectivity index (χ4n) is 2.46. The predicted octanol–water partition coefficient (Wildman–Crippen LogP) is 5.45. The summed E-state index contributed by atoms with van der Waals surface area (Å²) in [6.07, 6.45) is 3.04. The Hall–Kier alpha value is -3.11. The van der Waals surface area contributed by atoms with Gasteiger partial charge in [0, 0.05) is 23.7 Å². The van der Waals surface area contributed by atoms with Gasteiger partial charge in [-0.2, -0.15) is 0 Å². The van der Waals surface area contributed by atoms with Gasteiger partial charge in [-0.1, -0.05) is 35.9 Å². The van der Waals surface area contributed by atoms with Gasteiger partial charge in [0.1, 0.15) is 11.5 Å². The first kappa shape index (κ1) is 17.7. The number of anilines is 1. The van der Waals surface area contributed by atoms with Crippen LogP contribution in [0, 0.1) is 0 Å². The van der Waals surface area contributed by atoms with Crippen molar-refractivity contribution in [2.24, 2.45) is 0 Å². The molecule has 0 aliphatic rings. The van der Waals surface area contributed by atoms with E-state index in [1.54, 1.807) is 42.5 Å². The van der Waals surface area contributed by atoms with Crippen LogP contribution < -0.4 is 5.32 Å². The average molecular weight is 366 g/mol. The highest BCUT2D eigenvalue weighted by Crippen LogP contribution is 2.29. The lowest BCUT2D eigenvalue weighted by atomic mass is 10.1. The molecule has 5 heteroatoms. The molecule has 3 rings (SSSR count). The molecular formula is C21H16ClNO3. The van der Waals surface area contributed by atoms with Gasteiger partial charge in [0.15, 0.2) is 5.78 Å². The Morgan fingerprint density at radius 2 is 1.85 bits per heavy atom. The minimum absolute atomic E-state index is 0.187. The van der Waals surface area contributed by atoms with Crippen LogP contribution in [-0.2, 0) is 4.79 Å². The molecule has 0 saturated carbocycles. The summed E-state index contributed by atoms with van der Waals surface area (Å²) in [5.74, 6) is 0.808. The largest absolute Gasteiger partial charge is 0.457 e. The van der Waals surface area contributed by atoms with Crippen LogP contribution in [0.4, 0.5) is 5.69 Å². The number of allylic oxidation sites excluding steroid dienone is 1. The van der Waals surface area contributed by atoms with Crippen molar-refractivity contribution >= 4 is 35.1 Å². The van der Waals surface area contributed by atoms with Crippen molar-refractivity contribution in [1.82, 2.24) is 0 Å². The van der Waals surface area contributed by atoms with E-state index in [1.807, 2.05) is 24.3 Å². The van der Waals surface area contributed by atoms with Gasteiger partial charge in [-0.15, -0.1) is 0 Å². The zero-order valence-corrected chi connectivity index (χ0v) is 14.8. The summed E-state index contributed by atoms with van der Waals surface area (Å²) in [7, 11) is 0. The van der Waals surface area contributed by atoms with E-state index in [-0.39, 0.29) is 11.7 Å². The third-order valence-corrected chi connectivity index (χ3v) is 3.96. The van der Waals surface area contributed by atoms with E-state index in [1.165, 1.54) is 13.0 Å². The van der Waals surface area contributed by atoms with Gasteiger partial charge >= 0.3 is 0 Å². The van der Waals surface area contributed by atoms with Crippen molar-refractivity contribution in [3.8, 4) is 11.3 Å². The highest BCUT2D eigenvalue weighted by Gasteiger charge is 2.08. The van der Waals surface area contributed by atoms with Crippen LogP contribution in [0.5, 0.6) is 0 Å². The van der Waals surface area contributed by atoms with Crippen LogP contribution in [0.25, 0.3) is 17.4 Å². The minimum atomic E-state index is -0.187. The predicted molar refractivity (Wildman–Crippen MR) is 103 cm³/mol. The van der Waals surface area contributed by atoms with E-state index in [0.717, 1.165) is 5.56 Å². The van der Waals surface area contributed by atoms with Gasteiger partial charge in [-0.25, -0.2) is 0 Å². The Bertz CT molecular complexity index is 988. The minimum Gasteiger partial charge on any atom is -0.457 e. The number of hydrogen-bond donors (Lipinski definition) is 1. The number of carbonyl (C=O) groups is 2. The topological polar surface area (TPSA) is 59.3 Å². The van der Waals surface area contributed by atoms with E-state index in [9.17, 15) is 9.59 Å². The molecule has 0 radical (unpaired) electrons. The molecule has 0 saturated heterocycles. The van der Waals surface area contributed by atoms with Crippen LogP contribution in [-0.4, -0.2) is 11.7 Å². The first-order valence-corrected chi connectivity index (χ1v) is 8.35. The van der Waals surface area contributed by atoms with Crippen LogP contribution in [0.1, 0.15) is 23.0 Å². The lowest BCUT2D eigenvalue weighted by Crippen LogP contribution is -2.06. The van der Waals surface area contributed by atoms with Gasteiger partial charge < -0.3 is 9.73 Å². The van der Waals surface area contributed by atoms with Crippen LogP contribution in [0.15, 0.2) is 71.2 Å². The highest BCUT2D eigenvalue weighted by molar-refractivity contribution is 6.33. The standard InChI is InChI=1S/C21H16ClNO3/c1-14(24)23-16-6-4-5-15(13-16)20(25)11-9-17-10-12-21(26-17)18-7-2-3-8-19(18)22/h2-13H,1H3,(H,23,24)/b11-9+. The second-order valence-corrected chi connectivity index (χ2v) is 6.05. The van der Waals surface area contributed by atoms with Gasteiger partial charge in [0.2, 0.25) is 5.91 Å². The molecule has 0 fully saturated rings. The molecule has 4 nitrogen and oxygen atoms in total. The normalized spacial score (nSPS) is 10.8. The molecule has 1 N–H and O–H groups in total. The summed E-state index contributed by atoms with van der Waals surface area (Å²) in [5, 5.41) is 3.25. The summed E-state index contributed by atoms with van der Waals surface area (Å²) in [6.45, 7) is 1.42. The van der Waals surface area contributed by atoms with Crippen LogP contribution in [0.2, 0.25) is 5.02 Å². The molecule has 0 bridgehead atoms. The Kier molecular flexibility index (Phi) is 5.34. The maximum Gasteiger partial charge on any atom is 0.221 e. The van der Waals surface area contributed by atoms with Crippen LogP contribution >= 0.6 is 11.6 Å². The molecule has 1 amide bonds. The summed E-state index contributed by atoms with van der Waals surface area (Å²) in [6, 6.07) is 17.7. The third-order valence-electron chi connectivity index (χ3n) is 3.63. The summed E-state index contributed by atoms with van der Waals surface area (Å²) < 4.78 is 5.73. The zero-order valence-electron chi connectivity index (χ0n) is 14.0. The quantitative estimate of drug-likeness (QED) is 0.482. The molecule has 0 atom stereocenters. The van der Waals surface area contributed by atoms with Crippen molar-refractivity contribution in [2.45, 2.75) is 6.92 Å². The maximum absolute atomic E-state index is 12.3. The number of ketones is 1. The summed E-state index contributed by atoms with van der Waals surface area (Å²) >= 11 is 6.16. The van der Waals surface area contributed by atoms with E-state index >= 15 is 0 Å². The first-order valence-electron chi connectivity index (χ1n) is 7.98. The molecular weight excluding hydrogens is 350 g/mol. The molecule has 0 aliphatic carbocycles. The molecule has 2 aromatic carbocycles. The number of furan rings is 1. The molecule has 1 heterocycles. The van der Waals surface area contributed by atoms with Crippen LogP contribution in [0.3, 0.4) is 0 Å². The Labute approximate surface area is 156 Å². The molecule has 26 heavy (non-hydrogen) atoms. The number of hydrogen-bond acceptors (Lipinski definition) is 3. The number of halogens is 1. The fourth-order valence-corrected chi connectivity index (χ4v) is 2.68. The monoisotopic (exact) mass is 365 g/mol. The zero-order chi connectivity index (χ0) is 18.5. The number of rotatable bonds is 5. The number of carbonyl (C=O) groups excluding carboxylic acids is 2. The smallest absolute Gasteiger partial charge is 0.221 e. The lowest BCUT2D eigenvalue weighted by Gasteiger charge is -2.03. The molecule has 1 aromatic heterocycles. The van der Waals surface area contributed by atoms with Crippen molar-refractivity contribution in [3.63, 3.8) is 0 Å². The van der Waals surface area contributed by atoms with Gasteiger partial charge in [-0.3, -0.25) is 9.59 Å². The molecule has 0 unspecified atom stereocenters. The Morgan fingerprint density at radius 3 is 2.62 bits per heavy atom. The van der Waals surface area contributed by atoms with E-state index in [0.29, 0.717) is 27.8 Å². The van der Waals surface area contributed by atoms with E-state index in [4.69, 9.17) is 16.0 Å². The van der Waals surface area contributed by atoms with Gasteiger partial charge in [-0.05, 0) is 48.6 Å². The number of amides is 1. The maximum atomic E-state index is 12.3. The van der Waals surface area contributed by atoms with Gasteiger partial charge in [0.05, 0.1) is 5.02 Å². The second kappa shape index (κ2) is 7.85. The molecule has 0 spiro atoms. The Balaban J connectivity index is 1.75. The Morgan fingerprint density at radius 1 is 1.04 bits per heavy atom. The first-order chi connectivity index (χ1) is 12.5. The summed E-state index contributed by atoms with van der Waals surface area (Å²) in [4.78, 5) is 23.4. The number of nitrogens with one attached hydrogen (secondary N) is 1. The van der Waals surface area contributed by atoms with E-state index < -0.39 is 0 Å². The van der Waals surface area contributed by atoms with E-state index in [2.05, 4.69) is 5.32 Å².